The topological polar surface area (TPSA) is 41.9 Å². The second-order valence-electron chi connectivity index (χ2n) is 6.21. The van der Waals surface area contributed by atoms with Gasteiger partial charge in [-0.05, 0) is 44.9 Å². The van der Waals surface area contributed by atoms with E-state index >= 15 is 0 Å². The number of carbonyl (C=O) groups excluding carboxylic acids is 1. The van der Waals surface area contributed by atoms with Crippen molar-refractivity contribution < 1.29 is 13.9 Å². The quantitative estimate of drug-likeness (QED) is 0.771. The van der Waals surface area contributed by atoms with Crippen molar-refractivity contribution in [1.29, 1.82) is 0 Å². The summed E-state index contributed by atoms with van der Waals surface area (Å²) in [4.78, 5) is 18.8. The van der Waals surface area contributed by atoms with E-state index in [9.17, 15) is 9.18 Å². The molecule has 0 radical (unpaired) electrons. The van der Waals surface area contributed by atoms with Crippen LogP contribution in [-0.2, 0) is 11.2 Å². The first kappa shape index (κ1) is 18.2. The normalized spacial score (nSPS) is 14.6. The van der Waals surface area contributed by atoms with Crippen molar-refractivity contribution in [3.8, 4) is 5.75 Å². The van der Waals surface area contributed by atoms with E-state index in [4.69, 9.17) is 4.74 Å². The molecule has 0 aromatic heterocycles. The third-order valence-electron chi connectivity index (χ3n) is 3.93. The minimum atomic E-state index is -0.398. The Hall–Kier alpha value is -2.17. The number of benzene rings is 1. The van der Waals surface area contributed by atoms with Crippen LogP contribution in [-0.4, -0.2) is 36.2 Å². The van der Waals surface area contributed by atoms with Crippen LogP contribution in [0.1, 0.15) is 39.7 Å². The lowest BCUT2D eigenvalue weighted by atomic mass is 10.1. The van der Waals surface area contributed by atoms with E-state index in [1.165, 1.54) is 6.07 Å². The van der Waals surface area contributed by atoms with Crippen molar-refractivity contribution in [3.05, 3.63) is 40.8 Å². The van der Waals surface area contributed by atoms with E-state index in [2.05, 4.69) is 4.99 Å². The molecule has 1 amide bonds. The van der Waals surface area contributed by atoms with Crippen molar-refractivity contribution >= 4 is 11.6 Å². The van der Waals surface area contributed by atoms with Gasteiger partial charge in [0, 0.05) is 37.0 Å². The second kappa shape index (κ2) is 8.08. The van der Waals surface area contributed by atoms with Crippen LogP contribution in [0.3, 0.4) is 0 Å². The van der Waals surface area contributed by atoms with Gasteiger partial charge in [-0.1, -0.05) is 6.07 Å². The molecule has 24 heavy (non-hydrogen) atoms. The summed E-state index contributed by atoms with van der Waals surface area (Å²) in [7, 11) is 0. The summed E-state index contributed by atoms with van der Waals surface area (Å²) in [6.45, 7) is 9.45. The third-order valence-corrected chi connectivity index (χ3v) is 3.93. The standard InChI is InChI=1S/C19H25FN2O2/c1-5-24-16-7-6-15(17(20)11-16)10-19(23)22-9-8-18(14(4)12-22)21-13(2)3/h6-7,11H,5,8-10,12H2,1-4H3. The van der Waals surface area contributed by atoms with Crippen molar-refractivity contribution in [2.45, 2.75) is 40.5 Å². The molecule has 4 nitrogen and oxygen atoms in total. The summed E-state index contributed by atoms with van der Waals surface area (Å²) in [5.41, 5.74) is 3.58. The molecule has 0 atom stereocenters. The number of hydrogen-bond donors (Lipinski definition) is 0. The average molecular weight is 332 g/mol. The predicted octanol–water partition coefficient (Wildman–Crippen LogP) is 3.75. The van der Waals surface area contributed by atoms with E-state index in [0.717, 1.165) is 23.4 Å². The predicted molar refractivity (Wildman–Crippen MR) is 94.0 cm³/mol. The largest absolute Gasteiger partial charge is 0.494 e. The molecule has 2 rings (SSSR count). The number of hydrogen-bond acceptors (Lipinski definition) is 3. The van der Waals surface area contributed by atoms with E-state index in [0.29, 0.717) is 31.0 Å². The summed E-state index contributed by atoms with van der Waals surface area (Å²) in [6, 6.07) is 4.67. The van der Waals surface area contributed by atoms with E-state index in [1.54, 1.807) is 17.0 Å². The molecular weight excluding hydrogens is 307 g/mol. The SMILES string of the molecule is CCOc1ccc(CC(=O)N2CCC(N=C(C)C)=C(C)C2)c(F)c1. The Morgan fingerprint density at radius 3 is 2.71 bits per heavy atom. The number of halogens is 1. The maximum Gasteiger partial charge on any atom is 0.227 e. The molecule has 0 spiro atoms. The van der Waals surface area contributed by atoms with E-state index in [-0.39, 0.29) is 12.3 Å². The number of ether oxygens (including phenoxy) is 1. The molecular formula is C19H25FN2O2. The lowest BCUT2D eigenvalue weighted by Gasteiger charge is -2.28. The highest BCUT2D eigenvalue weighted by molar-refractivity contribution is 5.81. The van der Waals surface area contributed by atoms with Gasteiger partial charge >= 0.3 is 0 Å². The second-order valence-corrected chi connectivity index (χ2v) is 6.21. The first-order chi connectivity index (χ1) is 11.4. The van der Waals surface area contributed by atoms with Crippen LogP contribution >= 0.6 is 0 Å². The molecule has 0 fully saturated rings. The maximum absolute atomic E-state index is 14.1. The van der Waals surface area contributed by atoms with Gasteiger partial charge in [0.2, 0.25) is 5.91 Å². The zero-order valence-corrected chi connectivity index (χ0v) is 14.9. The monoisotopic (exact) mass is 332 g/mol. The smallest absolute Gasteiger partial charge is 0.227 e. The fourth-order valence-corrected chi connectivity index (χ4v) is 2.75. The van der Waals surface area contributed by atoms with Crippen LogP contribution in [0, 0.1) is 5.82 Å². The van der Waals surface area contributed by atoms with E-state index < -0.39 is 5.82 Å². The van der Waals surface area contributed by atoms with Crippen molar-refractivity contribution in [1.82, 2.24) is 4.90 Å². The Bertz CT molecular complexity index is 676. The molecule has 0 bridgehead atoms. The first-order valence-corrected chi connectivity index (χ1v) is 8.30. The summed E-state index contributed by atoms with van der Waals surface area (Å²) in [6.07, 6.45) is 0.811. The summed E-state index contributed by atoms with van der Waals surface area (Å²) >= 11 is 0. The Balaban J connectivity index is 2.04. The summed E-state index contributed by atoms with van der Waals surface area (Å²) < 4.78 is 19.4. The Kier molecular flexibility index (Phi) is 6.12. The molecule has 0 unspecified atom stereocenters. The molecule has 0 N–H and O–H groups in total. The number of amides is 1. The van der Waals surface area contributed by atoms with Gasteiger partial charge in [0.25, 0.3) is 0 Å². The molecule has 1 aliphatic rings. The zero-order valence-electron chi connectivity index (χ0n) is 14.9. The van der Waals surface area contributed by atoms with Crippen molar-refractivity contribution in [2.75, 3.05) is 19.7 Å². The fraction of sp³-hybridized carbons (Fsp3) is 0.474. The van der Waals surface area contributed by atoms with Gasteiger partial charge in [0.15, 0.2) is 0 Å². The van der Waals surface area contributed by atoms with Gasteiger partial charge in [-0.3, -0.25) is 9.79 Å². The minimum absolute atomic E-state index is 0.0614. The molecule has 0 saturated carbocycles. The van der Waals surface area contributed by atoms with Crippen molar-refractivity contribution in [2.24, 2.45) is 4.99 Å². The molecule has 0 aliphatic carbocycles. The maximum atomic E-state index is 14.1. The summed E-state index contributed by atoms with van der Waals surface area (Å²) in [5.74, 6) is 0.0273. The van der Waals surface area contributed by atoms with Crippen molar-refractivity contribution in [3.63, 3.8) is 0 Å². The lowest BCUT2D eigenvalue weighted by Crippen LogP contribution is -2.37. The zero-order chi connectivity index (χ0) is 17.7. The highest BCUT2D eigenvalue weighted by Crippen LogP contribution is 2.21. The highest BCUT2D eigenvalue weighted by Gasteiger charge is 2.21. The van der Waals surface area contributed by atoms with Gasteiger partial charge < -0.3 is 9.64 Å². The molecule has 1 heterocycles. The van der Waals surface area contributed by atoms with Crippen LogP contribution in [0.5, 0.6) is 5.75 Å². The van der Waals surface area contributed by atoms with Gasteiger partial charge in [-0.25, -0.2) is 4.39 Å². The first-order valence-electron chi connectivity index (χ1n) is 8.30. The fourth-order valence-electron chi connectivity index (χ4n) is 2.75. The van der Waals surface area contributed by atoms with Gasteiger partial charge in [0.1, 0.15) is 11.6 Å². The van der Waals surface area contributed by atoms with Gasteiger partial charge in [0.05, 0.1) is 13.0 Å². The molecule has 5 heteroatoms. The molecule has 130 valence electrons. The van der Waals surface area contributed by atoms with Crippen LogP contribution in [0.4, 0.5) is 4.39 Å². The van der Waals surface area contributed by atoms with E-state index in [1.807, 2.05) is 27.7 Å². The average Bonchev–Trinajstić information content (AvgIpc) is 2.51. The van der Waals surface area contributed by atoms with Gasteiger partial charge in [-0.15, -0.1) is 0 Å². The third kappa shape index (κ3) is 4.66. The van der Waals surface area contributed by atoms with Gasteiger partial charge in [-0.2, -0.15) is 0 Å². The Morgan fingerprint density at radius 2 is 2.12 bits per heavy atom. The molecule has 1 aromatic carbocycles. The van der Waals surface area contributed by atoms with Crippen LogP contribution < -0.4 is 4.74 Å². The summed E-state index contributed by atoms with van der Waals surface area (Å²) in [5, 5.41) is 0. The molecule has 1 aliphatic heterocycles. The van der Waals surface area contributed by atoms with Crippen LogP contribution in [0.2, 0.25) is 0 Å². The number of carbonyl (C=O) groups is 1. The highest BCUT2D eigenvalue weighted by atomic mass is 19.1. The number of aliphatic imine (C=N–C) groups is 1. The minimum Gasteiger partial charge on any atom is -0.494 e. The van der Waals surface area contributed by atoms with Crippen LogP contribution in [0.15, 0.2) is 34.5 Å². The number of nitrogens with zero attached hydrogens (tertiary/aromatic N) is 2. The Morgan fingerprint density at radius 1 is 1.38 bits per heavy atom. The molecule has 0 saturated heterocycles. The Labute approximate surface area is 143 Å². The molecule has 1 aromatic rings. The van der Waals surface area contributed by atoms with Crippen LogP contribution in [0.25, 0.3) is 0 Å². The lowest BCUT2D eigenvalue weighted by molar-refractivity contribution is -0.130. The number of rotatable bonds is 5.